The molecule has 0 atom stereocenters. The molecule has 0 aliphatic heterocycles. The van der Waals surface area contributed by atoms with E-state index in [1.807, 2.05) is 13.8 Å². The summed E-state index contributed by atoms with van der Waals surface area (Å²) in [6, 6.07) is 0.294. The average molecular weight is 300 g/mol. The van der Waals surface area contributed by atoms with Gasteiger partial charge in [0.25, 0.3) is 10.0 Å². The van der Waals surface area contributed by atoms with Crippen LogP contribution in [0.1, 0.15) is 45.6 Å². The van der Waals surface area contributed by atoms with E-state index in [2.05, 4.69) is 27.2 Å². The van der Waals surface area contributed by atoms with Crippen molar-refractivity contribution in [1.29, 1.82) is 0 Å². The number of H-pyrrole nitrogens is 1. The lowest BCUT2D eigenvalue weighted by Gasteiger charge is -2.38. The van der Waals surface area contributed by atoms with Crippen molar-refractivity contribution < 1.29 is 8.42 Å². The summed E-state index contributed by atoms with van der Waals surface area (Å²) in [6.45, 7) is 7.13. The molecule has 2 rings (SSSR count). The molecule has 7 heteroatoms. The van der Waals surface area contributed by atoms with E-state index in [9.17, 15) is 8.42 Å². The van der Waals surface area contributed by atoms with Crippen LogP contribution in [0.25, 0.3) is 0 Å². The quantitative estimate of drug-likeness (QED) is 0.710. The second-order valence-corrected chi connectivity index (χ2v) is 7.95. The molecule has 1 aromatic rings. The number of aromatic nitrogens is 2. The SMILES string of the molecule is CC(C)NCc1cn[nH]c1S(=O)(=O)NCC1(C)CCC1. The van der Waals surface area contributed by atoms with Crippen molar-refractivity contribution in [2.75, 3.05) is 6.54 Å². The molecular weight excluding hydrogens is 276 g/mol. The molecule has 20 heavy (non-hydrogen) atoms. The Labute approximate surface area is 120 Å². The van der Waals surface area contributed by atoms with Gasteiger partial charge in [-0.2, -0.15) is 5.10 Å². The van der Waals surface area contributed by atoms with Crippen LogP contribution in [0, 0.1) is 5.41 Å². The van der Waals surface area contributed by atoms with Gasteiger partial charge in [0.2, 0.25) is 0 Å². The third kappa shape index (κ3) is 3.59. The summed E-state index contributed by atoms with van der Waals surface area (Å²) in [5.41, 5.74) is 0.786. The number of hydrogen-bond acceptors (Lipinski definition) is 4. The minimum atomic E-state index is -3.51. The minimum Gasteiger partial charge on any atom is -0.310 e. The van der Waals surface area contributed by atoms with Crippen LogP contribution in [0.15, 0.2) is 11.2 Å². The van der Waals surface area contributed by atoms with Gasteiger partial charge in [0, 0.05) is 24.7 Å². The van der Waals surface area contributed by atoms with E-state index in [1.54, 1.807) is 6.20 Å². The predicted molar refractivity (Wildman–Crippen MR) is 77.7 cm³/mol. The Morgan fingerprint density at radius 1 is 1.45 bits per heavy atom. The van der Waals surface area contributed by atoms with Gasteiger partial charge in [-0.25, -0.2) is 13.1 Å². The normalized spacial score (nSPS) is 18.2. The highest BCUT2D eigenvalue weighted by molar-refractivity contribution is 7.89. The summed E-state index contributed by atoms with van der Waals surface area (Å²) in [7, 11) is -3.51. The molecule has 0 unspecified atom stereocenters. The molecule has 3 N–H and O–H groups in total. The smallest absolute Gasteiger partial charge is 0.257 e. The Kier molecular flexibility index (Phi) is 4.51. The van der Waals surface area contributed by atoms with Crippen molar-refractivity contribution in [1.82, 2.24) is 20.2 Å². The number of hydrogen-bond donors (Lipinski definition) is 3. The van der Waals surface area contributed by atoms with Crippen molar-refractivity contribution in [3.8, 4) is 0 Å². The Morgan fingerprint density at radius 2 is 2.15 bits per heavy atom. The summed E-state index contributed by atoms with van der Waals surface area (Å²) in [5.74, 6) is 0. The van der Waals surface area contributed by atoms with Crippen LogP contribution in [0.2, 0.25) is 0 Å². The van der Waals surface area contributed by atoms with Crippen LogP contribution < -0.4 is 10.0 Å². The van der Waals surface area contributed by atoms with Crippen LogP contribution in [-0.4, -0.2) is 31.2 Å². The second kappa shape index (κ2) is 5.83. The first-order chi connectivity index (χ1) is 9.32. The van der Waals surface area contributed by atoms with Crippen LogP contribution >= 0.6 is 0 Å². The molecule has 1 aromatic heterocycles. The Morgan fingerprint density at radius 3 is 2.70 bits per heavy atom. The molecule has 0 bridgehead atoms. The van der Waals surface area contributed by atoms with Gasteiger partial charge in [-0.15, -0.1) is 0 Å². The number of nitrogens with one attached hydrogen (secondary N) is 3. The van der Waals surface area contributed by atoms with Crippen molar-refractivity contribution >= 4 is 10.0 Å². The van der Waals surface area contributed by atoms with Crippen molar-refractivity contribution in [3.05, 3.63) is 11.8 Å². The van der Waals surface area contributed by atoms with Crippen molar-refractivity contribution in [2.24, 2.45) is 5.41 Å². The summed E-state index contributed by atoms with van der Waals surface area (Å²) in [4.78, 5) is 0. The average Bonchev–Trinajstić information content (AvgIpc) is 2.80. The topological polar surface area (TPSA) is 86.9 Å². The van der Waals surface area contributed by atoms with E-state index in [1.165, 1.54) is 6.42 Å². The summed E-state index contributed by atoms with van der Waals surface area (Å²) < 4.78 is 27.4. The van der Waals surface area contributed by atoms with Gasteiger partial charge >= 0.3 is 0 Å². The molecule has 0 saturated heterocycles. The molecule has 0 aromatic carbocycles. The monoisotopic (exact) mass is 300 g/mol. The maximum absolute atomic E-state index is 12.3. The van der Waals surface area contributed by atoms with Crippen LogP contribution in [0.5, 0.6) is 0 Å². The lowest BCUT2D eigenvalue weighted by atomic mass is 9.71. The first kappa shape index (κ1) is 15.5. The first-order valence-corrected chi connectivity index (χ1v) is 8.56. The van der Waals surface area contributed by atoms with E-state index in [4.69, 9.17) is 0 Å². The van der Waals surface area contributed by atoms with Gasteiger partial charge in [0.05, 0.1) is 6.20 Å². The zero-order chi connectivity index (χ0) is 14.8. The second-order valence-electron chi connectivity index (χ2n) is 6.25. The molecule has 1 aliphatic carbocycles. The van der Waals surface area contributed by atoms with Crippen LogP contribution in [0.4, 0.5) is 0 Å². The fourth-order valence-electron chi connectivity index (χ4n) is 2.27. The van der Waals surface area contributed by atoms with Crippen LogP contribution in [0.3, 0.4) is 0 Å². The van der Waals surface area contributed by atoms with E-state index in [0.717, 1.165) is 12.8 Å². The maximum Gasteiger partial charge on any atom is 0.257 e. The molecule has 0 spiro atoms. The van der Waals surface area contributed by atoms with E-state index in [0.29, 0.717) is 24.7 Å². The van der Waals surface area contributed by atoms with Gasteiger partial charge in [0.15, 0.2) is 5.03 Å². The molecule has 0 amide bonds. The largest absolute Gasteiger partial charge is 0.310 e. The third-order valence-electron chi connectivity index (χ3n) is 3.90. The molecule has 1 fully saturated rings. The number of aromatic amines is 1. The number of nitrogens with zero attached hydrogens (tertiary/aromatic N) is 1. The molecule has 0 radical (unpaired) electrons. The molecule has 114 valence electrons. The highest BCUT2D eigenvalue weighted by atomic mass is 32.2. The molecule has 1 heterocycles. The fourth-order valence-corrected chi connectivity index (χ4v) is 3.60. The Bertz CT molecular complexity index is 546. The van der Waals surface area contributed by atoms with E-state index < -0.39 is 10.0 Å². The highest BCUT2D eigenvalue weighted by Crippen LogP contribution is 2.39. The maximum atomic E-state index is 12.3. The zero-order valence-corrected chi connectivity index (χ0v) is 13.2. The van der Waals surface area contributed by atoms with Gasteiger partial charge in [-0.05, 0) is 18.3 Å². The minimum absolute atomic E-state index is 0.115. The van der Waals surface area contributed by atoms with Gasteiger partial charge in [-0.3, -0.25) is 5.10 Å². The zero-order valence-electron chi connectivity index (χ0n) is 12.4. The van der Waals surface area contributed by atoms with Gasteiger partial charge in [-0.1, -0.05) is 27.2 Å². The summed E-state index contributed by atoms with van der Waals surface area (Å²) in [5, 5.41) is 9.84. The summed E-state index contributed by atoms with van der Waals surface area (Å²) in [6.07, 6.45) is 4.92. The molecule has 1 aliphatic rings. The van der Waals surface area contributed by atoms with Crippen molar-refractivity contribution in [3.63, 3.8) is 0 Å². The first-order valence-electron chi connectivity index (χ1n) is 7.08. The standard InChI is InChI=1S/C13H24N4O2S/c1-10(2)14-7-11-8-15-17-12(11)20(18,19)16-9-13(3)5-4-6-13/h8,10,14,16H,4-7,9H2,1-3H3,(H,15,17). The number of rotatable bonds is 7. The lowest BCUT2D eigenvalue weighted by molar-refractivity contribution is 0.166. The molecular formula is C13H24N4O2S. The molecule has 6 nitrogen and oxygen atoms in total. The Balaban J connectivity index is 2.03. The van der Waals surface area contributed by atoms with Gasteiger partial charge < -0.3 is 5.32 Å². The lowest BCUT2D eigenvalue weighted by Crippen LogP contribution is -2.40. The van der Waals surface area contributed by atoms with E-state index in [-0.39, 0.29) is 10.4 Å². The predicted octanol–water partition coefficient (Wildman–Crippen LogP) is 1.38. The van der Waals surface area contributed by atoms with Crippen LogP contribution in [-0.2, 0) is 16.6 Å². The van der Waals surface area contributed by atoms with Crippen molar-refractivity contribution in [2.45, 2.75) is 57.6 Å². The Hall–Kier alpha value is -0.920. The fraction of sp³-hybridized carbons (Fsp3) is 0.769. The molecule has 1 saturated carbocycles. The number of sulfonamides is 1. The third-order valence-corrected chi connectivity index (χ3v) is 5.31. The highest BCUT2D eigenvalue weighted by Gasteiger charge is 2.33. The summed E-state index contributed by atoms with van der Waals surface area (Å²) >= 11 is 0. The van der Waals surface area contributed by atoms with E-state index >= 15 is 0 Å². The van der Waals surface area contributed by atoms with Gasteiger partial charge in [0.1, 0.15) is 0 Å².